The predicted octanol–water partition coefficient (Wildman–Crippen LogP) is -1.84. The van der Waals surface area contributed by atoms with Gasteiger partial charge < -0.3 is 11.1 Å². The summed E-state index contributed by atoms with van der Waals surface area (Å²) >= 11 is 0. The van der Waals surface area contributed by atoms with Crippen molar-refractivity contribution in [2.24, 2.45) is 11.7 Å². The third kappa shape index (κ3) is 1.81. The van der Waals surface area contributed by atoms with Gasteiger partial charge in [0.15, 0.2) is 5.82 Å². The van der Waals surface area contributed by atoms with Gasteiger partial charge in [0.05, 0.1) is 12.5 Å². The summed E-state index contributed by atoms with van der Waals surface area (Å²) in [5.41, 5.74) is 5.51. The van der Waals surface area contributed by atoms with Crippen LogP contribution in [0.1, 0.15) is 12.2 Å². The van der Waals surface area contributed by atoms with Crippen molar-refractivity contribution in [1.29, 1.82) is 0 Å². The quantitative estimate of drug-likeness (QED) is 0.509. The Labute approximate surface area is 74.1 Å². The number of amides is 1. The Morgan fingerprint density at radius 2 is 2.54 bits per heavy atom. The number of H-pyrrole nitrogens is 1. The molecular formula is C6H10N6O. The van der Waals surface area contributed by atoms with Crippen LogP contribution in [0.25, 0.3) is 0 Å². The first kappa shape index (κ1) is 8.11. The summed E-state index contributed by atoms with van der Waals surface area (Å²) in [5, 5.41) is 15.7. The molecule has 2 unspecified atom stereocenters. The number of hydrogen-bond donors (Lipinski definition) is 3. The van der Waals surface area contributed by atoms with Crippen LogP contribution in [0.2, 0.25) is 0 Å². The van der Waals surface area contributed by atoms with E-state index in [4.69, 9.17) is 5.73 Å². The molecule has 0 aromatic carbocycles. The second-order valence-corrected chi connectivity index (χ2v) is 3.05. The smallest absolute Gasteiger partial charge is 0.225 e. The van der Waals surface area contributed by atoms with E-state index in [1.807, 2.05) is 0 Å². The Balaban J connectivity index is 1.77. The molecule has 0 saturated heterocycles. The maximum Gasteiger partial charge on any atom is 0.225 e. The molecule has 1 fully saturated rings. The van der Waals surface area contributed by atoms with Gasteiger partial charge in [0.1, 0.15) is 0 Å². The number of hydrogen-bond acceptors (Lipinski definition) is 5. The third-order valence-corrected chi connectivity index (χ3v) is 1.99. The van der Waals surface area contributed by atoms with Gasteiger partial charge in [-0.25, -0.2) is 0 Å². The van der Waals surface area contributed by atoms with Crippen LogP contribution in [0, 0.1) is 5.92 Å². The summed E-state index contributed by atoms with van der Waals surface area (Å²) in [4.78, 5) is 11.2. The molecule has 1 aliphatic rings. The number of carbonyl (C=O) groups is 1. The van der Waals surface area contributed by atoms with Gasteiger partial charge in [-0.3, -0.25) is 4.79 Å². The van der Waals surface area contributed by atoms with Gasteiger partial charge in [-0.15, -0.1) is 10.2 Å². The van der Waals surface area contributed by atoms with Gasteiger partial charge in [0.25, 0.3) is 0 Å². The highest BCUT2D eigenvalue weighted by atomic mass is 16.2. The zero-order valence-corrected chi connectivity index (χ0v) is 6.90. The summed E-state index contributed by atoms with van der Waals surface area (Å²) in [5.74, 6) is 0.423. The van der Waals surface area contributed by atoms with Crippen LogP contribution >= 0.6 is 0 Å². The number of tetrazole rings is 1. The lowest BCUT2D eigenvalue weighted by Gasteiger charge is -1.99. The van der Waals surface area contributed by atoms with Gasteiger partial charge in [-0.05, 0) is 6.42 Å². The van der Waals surface area contributed by atoms with Crippen LogP contribution < -0.4 is 11.1 Å². The summed E-state index contributed by atoms with van der Waals surface area (Å²) in [6.07, 6.45) is 0.776. The molecule has 1 aliphatic carbocycles. The van der Waals surface area contributed by atoms with Crippen LogP contribution in [-0.2, 0) is 11.3 Å². The van der Waals surface area contributed by atoms with Gasteiger partial charge in [-0.1, -0.05) is 5.21 Å². The Bertz CT molecular complexity index is 296. The normalized spacial score (nSPS) is 25.6. The van der Waals surface area contributed by atoms with E-state index >= 15 is 0 Å². The van der Waals surface area contributed by atoms with Crippen LogP contribution in [-0.4, -0.2) is 32.6 Å². The SMILES string of the molecule is NC1CC1C(=O)NCc1nn[nH]n1. The highest BCUT2D eigenvalue weighted by Crippen LogP contribution is 2.27. The average Bonchev–Trinajstić information content (AvgIpc) is 2.68. The van der Waals surface area contributed by atoms with Crippen molar-refractivity contribution in [3.8, 4) is 0 Å². The van der Waals surface area contributed by atoms with Crippen molar-refractivity contribution in [1.82, 2.24) is 25.9 Å². The maximum atomic E-state index is 11.2. The van der Waals surface area contributed by atoms with Crippen LogP contribution in [0.4, 0.5) is 0 Å². The second kappa shape index (κ2) is 3.09. The first-order valence-corrected chi connectivity index (χ1v) is 4.03. The maximum absolute atomic E-state index is 11.2. The van der Waals surface area contributed by atoms with E-state index in [0.717, 1.165) is 6.42 Å². The summed E-state index contributed by atoms with van der Waals surface area (Å²) in [7, 11) is 0. The molecule has 0 bridgehead atoms. The minimum absolute atomic E-state index is 0.0214. The standard InChI is InChI=1S/C6H10N6O/c7-4-1-3(4)6(13)8-2-5-9-11-12-10-5/h3-4H,1-2,7H2,(H,8,13)(H,9,10,11,12). The first-order chi connectivity index (χ1) is 6.27. The van der Waals surface area contributed by atoms with Crippen LogP contribution in [0.15, 0.2) is 0 Å². The molecule has 7 heteroatoms. The van der Waals surface area contributed by atoms with Gasteiger partial charge in [-0.2, -0.15) is 5.21 Å². The molecule has 2 atom stereocenters. The fourth-order valence-electron chi connectivity index (χ4n) is 1.07. The molecular weight excluding hydrogens is 172 g/mol. The minimum Gasteiger partial charge on any atom is -0.348 e. The molecule has 7 nitrogen and oxygen atoms in total. The summed E-state index contributed by atoms with van der Waals surface area (Å²) in [6.45, 7) is 0.304. The van der Waals surface area contributed by atoms with Crippen molar-refractivity contribution in [3.05, 3.63) is 5.82 Å². The van der Waals surface area contributed by atoms with Gasteiger partial charge >= 0.3 is 0 Å². The van der Waals surface area contributed by atoms with E-state index in [9.17, 15) is 4.79 Å². The van der Waals surface area contributed by atoms with Crippen molar-refractivity contribution < 1.29 is 4.79 Å². The Hall–Kier alpha value is -1.50. The minimum atomic E-state index is -0.0303. The number of aromatic amines is 1. The predicted molar refractivity (Wildman–Crippen MR) is 42.1 cm³/mol. The number of nitrogens with one attached hydrogen (secondary N) is 2. The number of carbonyl (C=O) groups excluding carboxylic acids is 1. The molecule has 13 heavy (non-hydrogen) atoms. The molecule has 1 saturated carbocycles. The van der Waals surface area contributed by atoms with Crippen LogP contribution in [0.3, 0.4) is 0 Å². The van der Waals surface area contributed by atoms with E-state index in [0.29, 0.717) is 12.4 Å². The summed E-state index contributed by atoms with van der Waals surface area (Å²) in [6, 6.07) is 0.0327. The number of nitrogens with two attached hydrogens (primary N) is 1. The fourth-order valence-corrected chi connectivity index (χ4v) is 1.07. The van der Waals surface area contributed by atoms with E-state index < -0.39 is 0 Å². The van der Waals surface area contributed by atoms with Crippen molar-refractivity contribution in [2.45, 2.75) is 19.0 Å². The van der Waals surface area contributed by atoms with Crippen molar-refractivity contribution in [2.75, 3.05) is 0 Å². The van der Waals surface area contributed by atoms with Gasteiger partial charge in [0, 0.05) is 6.04 Å². The highest BCUT2D eigenvalue weighted by Gasteiger charge is 2.39. The molecule has 1 heterocycles. The van der Waals surface area contributed by atoms with Gasteiger partial charge in [0.2, 0.25) is 5.91 Å². The molecule has 0 aliphatic heterocycles. The zero-order valence-electron chi connectivity index (χ0n) is 6.90. The van der Waals surface area contributed by atoms with E-state index in [1.165, 1.54) is 0 Å². The van der Waals surface area contributed by atoms with Crippen molar-refractivity contribution in [3.63, 3.8) is 0 Å². The summed E-state index contributed by atoms with van der Waals surface area (Å²) < 4.78 is 0. The second-order valence-electron chi connectivity index (χ2n) is 3.05. The zero-order chi connectivity index (χ0) is 9.26. The lowest BCUT2D eigenvalue weighted by Crippen LogP contribution is -2.27. The number of nitrogens with zero attached hydrogens (tertiary/aromatic N) is 3. The highest BCUT2D eigenvalue weighted by molar-refractivity contribution is 5.82. The molecule has 4 N–H and O–H groups in total. The van der Waals surface area contributed by atoms with Crippen molar-refractivity contribution >= 4 is 5.91 Å². The Kier molecular flexibility index (Phi) is 1.93. The number of aromatic nitrogens is 4. The lowest BCUT2D eigenvalue weighted by atomic mass is 10.4. The largest absolute Gasteiger partial charge is 0.348 e. The molecule has 0 spiro atoms. The van der Waals surface area contributed by atoms with E-state index in [2.05, 4.69) is 25.9 Å². The fraction of sp³-hybridized carbons (Fsp3) is 0.667. The monoisotopic (exact) mass is 182 g/mol. The molecule has 1 amide bonds. The Morgan fingerprint density at radius 3 is 3.08 bits per heavy atom. The molecule has 1 aromatic rings. The first-order valence-electron chi connectivity index (χ1n) is 4.03. The molecule has 1 aromatic heterocycles. The topological polar surface area (TPSA) is 110 Å². The third-order valence-electron chi connectivity index (χ3n) is 1.99. The van der Waals surface area contributed by atoms with E-state index in [-0.39, 0.29) is 17.9 Å². The molecule has 0 radical (unpaired) electrons. The average molecular weight is 182 g/mol. The molecule has 70 valence electrons. The lowest BCUT2D eigenvalue weighted by molar-refractivity contribution is -0.122. The molecule has 2 rings (SSSR count). The Morgan fingerprint density at radius 1 is 1.77 bits per heavy atom. The number of rotatable bonds is 3. The van der Waals surface area contributed by atoms with Crippen LogP contribution in [0.5, 0.6) is 0 Å². The van der Waals surface area contributed by atoms with E-state index in [1.54, 1.807) is 0 Å².